The van der Waals surface area contributed by atoms with Crippen LogP contribution in [0, 0.1) is 5.92 Å². The number of nitrogens with one attached hydrogen (secondary N) is 4. The van der Waals surface area contributed by atoms with Gasteiger partial charge in [0.2, 0.25) is 5.91 Å². The Kier molecular flexibility index (Phi) is 9.37. The maximum Gasteiger partial charge on any atom is 0.433 e. The van der Waals surface area contributed by atoms with Gasteiger partial charge in [0, 0.05) is 38.6 Å². The van der Waals surface area contributed by atoms with Crippen LogP contribution in [0.1, 0.15) is 45.1 Å². The van der Waals surface area contributed by atoms with Crippen molar-refractivity contribution in [1.82, 2.24) is 45.6 Å². The molecule has 13 nitrogen and oxygen atoms in total. The van der Waals surface area contributed by atoms with Crippen LogP contribution in [0.3, 0.4) is 0 Å². The number of piperazine rings is 1. The fourth-order valence-corrected chi connectivity index (χ4v) is 6.12. The van der Waals surface area contributed by atoms with Gasteiger partial charge < -0.3 is 31.2 Å². The zero-order chi connectivity index (χ0) is 34.0. The first-order valence-corrected chi connectivity index (χ1v) is 15.7. The summed E-state index contributed by atoms with van der Waals surface area (Å²) in [5.74, 6) is -0.995. The molecule has 0 saturated carbocycles. The second-order valence-corrected chi connectivity index (χ2v) is 12.0. The maximum atomic E-state index is 13.9. The summed E-state index contributed by atoms with van der Waals surface area (Å²) in [6, 6.07) is 7.70. The number of amides is 3. The minimum absolute atomic E-state index is 0.000643. The predicted molar refractivity (Wildman–Crippen MR) is 170 cm³/mol. The van der Waals surface area contributed by atoms with Crippen LogP contribution in [0.4, 0.5) is 18.9 Å². The van der Waals surface area contributed by atoms with Crippen molar-refractivity contribution in [2.45, 2.75) is 25.6 Å². The van der Waals surface area contributed by atoms with E-state index < -0.39 is 17.8 Å². The SMILES string of the molecule is Nc1ccc(-c2n[nH]c(C(F)(F)F)c2-c2cnc(C(=O)NCc3ccc(C(=O)N4CCN(C(=O)C5CCNCC5)CC4)c(Cl)c3)[nH]2)nc1. The Bertz CT molecular complexity index is 1810. The number of halogens is 4. The summed E-state index contributed by atoms with van der Waals surface area (Å²) in [6.07, 6.45) is -0.740. The second-order valence-electron chi connectivity index (χ2n) is 11.6. The number of nitrogens with two attached hydrogens (primary N) is 1. The van der Waals surface area contributed by atoms with Crippen molar-refractivity contribution in [3.05, 3.63) is 70.4 Å². The molecular formula is C31H32ClF3N10O3. The molecule has 2 aliphatic heterocycles. The van der Waals surface area contributed by atoms with Crippen molar-refractivity contribution < 1.29 is 27.6 Å². The van der Waals surface area contributed by atoms with Crippen LogP contribution in [0.2, 0.25) is 5.02 Å². The van der Waals surface area contributed by atoms with Crippen molar-refractivity contribution in [2.24, 2.45) is 5.92 Å². The number of alkyl halides is 3. The molecule has 3 amide bonds. The minimum atomic E-state index is -4.78. The van der Waals surface area contributed by atoms with Crippen LogP contribution in [0.15, 0.2) is 42.7 Å². The van der Waals surface area contributed by atoms with E-state index in [1.165, 1.54) is 18.3 Å². The molecule has 252 valence electrons. The number of benzene rings is 1. The lowest BCUT2D eigenvalue weighted by atomic mass is 9.96. The normalized spacial score (nSPS) is 15.8. The summed E-state index contributed by atoms with van der Waals surface area (Å²) in [6.45, 7) is 3.39. The monoisotopic (exact) mass is 684 g/mol. The van der Waals surface area contributed by atoms with E-state index in [2.05, 4.69) is 30.7 Å². The van der Waals surface area contributed by atoms with Crippen molar-refractivity contribution in [2.75, 3.05) is 45.0 Å². The van der Waals surface area contributed by atoms with Crippen molar-refractivity contribution in [3.8, 4) is 22.6 Å². The molecule has 6 rings (SSSR count). The molecule has 6 N–H and O–H groups in total. The van der Waals surface area contributed by atoms with Gasteiger partial charge in [-0.05, 0) is 55.8 Å². The molecule has 1 aromatic carbocycles. The number of nitrogens with zero attached hydrogens (tertiary/aromatic N) is 5. The van der Waals surface area contributed by atoms with E-state index in [9.17, 15) is 27.6 Å². The van der Waals surface area contributed by atoms with E-state index in [4.69, 9.17) is 17.3 Å². The van der Waals surface area contributed by atoms with Crippen LogP contribution < -0.4 is 16.4 Å². The minimum Gasteiger partial charge on any atom is -0.397 e. The lowest BCUT2D eigenvalue weighted by Gasteiger charge is -2.37. The topological polar surface area (TPSA) is 178 Å². The van der Waals surface area contributed by atoms with Gasteiger partial charge in [0.25, 0.3) is 11.8 Å². The zero-order valence-corrected chi connectivity index (χ0v) is 26.3. The third-order valence-corrected chi connectivity index (χ3v) is 8.74. The van der Waals surface area contributed by atoms with Crippen molar-refractivity contribution >= 4 is 35.0 Å². The van der Waals surface area contributed by atoms with E-state index in [0.29, 0.717) is 43.0 Å². The van der Waals surface area contributed by atoms with Crippen molar-refractivity contribution in [3.63, 3.8) is 0 Å². The fourth-order valence-electron chi connectivity index (χ4n) is 5.84. The summed E-state index contributed by atoms with van der Waals surface area (Å²) >= 11 is 6.48. The number of aromatic amines is 2. The van der Waals surface area contributed by atoms with Crippen LogP contribution in [0.25, 0.3) is 22.6 Å². The number of hydrogen-bond acceptors (Lipinski definition) is 8. The first-order chi connectivity index (χ1) is 23.0. The van der Waals surface area contributed by atoms with Crippen LogP contribution in [-0.2, 0) is 17.5 Å². The largest absolute Gasteiger partial charge is 0.433 e. The number of carbonyl (C=O) groups is 3. The Morgan fingerprint density at radius 1 is 1.00 bits per heavy atom. The number of piperidine rings is 1. The van der Waals surface area contributed by atoms with E-state index in [1.807, 2.05) is 10.00 Å². The molecule has 4 aromatic rings. The van der Waals surface area contributed by atoms with Gasteiger partial charge >= 0.3 is 6.18 Å². The molecule has 17 heteroatoms. The van der Waals surface area contributed by atoms with Gasteiger partial charge in [-0.25, -0.2) is 4.98 Å². The Hall–Kier alpha value is -4.96. The maximum absolute atomic E-state index is 13.9. The molecule has 0 radical (unpaired) electrons. The molecule has 0 spiro atoms. The molecule has 0 aliphatic carbocycles. The molecular weight excluding hydrogens is 653 g/mol. The van der Waals surface area contributed by atoms with Gasteiger partial charge in [-0.2, -0.15) is 18.3 Å². The van der Waals surface area contributed by atoms with Gasteiger partial charge in [-0.1, -0.05) is 17.7 Å². The molecule has 48 heavy (non-hydrogen) atoms. The summed E-state index contributed by atoms with van der Waals surface area (Å²) < 4.78 is 41.6. The van der Waals surface area contributed by atoms with E-state index >= 15 is 0 Å². The highest BCUT2D eigenvalue weighted by Gasteiger charge is 2.39. The standard InChI is InChI=1S/C31H32ClF3N10O3/c32-21-13-17(1-3-20(21)30(48)45-11-9-44(10-12-45)29(47)18-5-7-37-8-6-18)14-40-28(46)27-39-16-23(41-27)24-25(22-4-2-19(36)15-38-22)42-43-26(24)31(33,34)35/h1-4,13,15-16,18,37H,5-12,14,36H2,(H,39,41)(H,40,46)(H,42,43). The molecule has 2 saturated heterocycles. The summed E-state index contributed by atoms with van der Waals surface area (Å²) in [4.78, 5) is 53.2. The zero-order valence-electron chi connectivity index (χ0n) is 25.5. The Labute approximate surface area is 277 Å². The Morgan fingerprint density at radius 3 is 2.40 bits per heavy atom. The highest BCUT2D eigenvalue weighted by atomic mass is 35.5. The molecule has 0 unspecified atom stereocenters. The summed E-state index contributed by atoms with van der Waals surface area (Å²) in [5.41, 5.74) is 5.31. The van der Waals surface area contributed by atoms with Crippen LogP contribution in [-0.4, -0.2) is 91.9 Å². The van der Waals surface area contributed by atoms with Gasteiger partial charge in [0.1, 0.15) is 11.4 Å². The summed E-state index contributed by atoms with van der Waals surface area (Å²) in [5, 5.41) is 11.9. The van der Waals surface area contributed by atoms with E-state index in [-0.39, 0.29) is 57.8 Å². The molecule has 2 aliphatic rings. The highest BCUT2D eigenvalue weighted by Crippen LogP contribution is 2.40. The quantitative estimate of drug-likeness (QED) is 0.197. The first-order valence-electron chi connectivity index (χ1n) is 15.3. The molecule has 0 bridgehead atoms. The number of imidazole rings is 1. The molecule has 2 fully saturated rings. The number of aromatic nitrogens is 5. The average Bonchev–Trinajstić information content (AvgIpc) is 3.76. The average molecular weight is 685 g/mol. The van der Waals surface area contributed by atoms with Gasteiger partial charge in [0.05, 0.1) is 45.6 Å². The molecule has 5 heterocycles. The highest BCUT2D eigenvalue weighted by molar-refractivity contribution is 6.33. The lowest BCUT2D eigenvalue weighted by Crippen LogP contribution is -2.52. The summed E-state index contributed by atoms with van der Waals surface area (Å²) in [7, 11) is 0. The molecule has 0 atom stereocenters. The fraction of sp³-hybridized carbons (Fsp3) is 0.355. The second kappa shape index (κ2) is 13.6. The first kappa shape index (κ1) is 33.0. The number of nitrogen functional groups attached to an aromatic ring is 1. The number of hydrogen-bond donors (Lipinski definition) is 5. The third-order valence-electron chi connectivity index (χ3n) is 8.42. The van der Waals surface area contributed by atoms with E-state index in [1.54, 1.807) is 23.1 Å². The van der Waals surface area contributed by atoms with E-state index in [0.717, 1.165) is 32.1 Å². The molecule has 3 aromatic heterocycles. The Morgan fingerprint density at radius 2 is 1.73 bits per heavy atom. The Balaban J connectivity index is 1.08. The van der Waals surface area contributed by atoms with Crippen LogP contribution >= 0.6 is 11.6 Å². The number of pyridine rings is 1. The predicted octanol–water partition coefficient (Wildman–Crippen LogP) is 3.33. The number of rotatable bonds is 7. The van der Waals surface area contributed by atoms with Crippen molar-refractivity contribution in [1.29, 1.82) is 0 Å². The lowest BCUT2D eigenvalue weighted by molar-refractivity contribution is -0.140. The smallest absolute Gasteiger partial charge is 0.397 e. The van der Waals surface area contributed by atoms with Gasteiger partial charge in [-0.3, -0.25) is 24.5 Å². The van der Waals surface area contributed by atoms with Crippen LogP contribution in [0.5, 0.6) is 0 Å². The number of H-pyrrole nitrogens is 2. The number of anilines is 1. The third kappa shape index (κ3) is 6.99. The van der Waals surface area contributed by atoms with Gasteiger partial charge in [-0.15, -0.1) is 0 Å². The van der Waals surface area contributed by atoms with Gasteiger partial charge in [0.15, 0.2) is 5.82 Å². The number of carbonyl (C=O) groups excluding carboxylic acids is 3.